The molecule has 6 amide bonds. The highest BCUT2D eigenvalue weighted by Gasteiger charge is 2.50. The van der Waals surface area contributed by atoms with Gasteiger partial charge in [0.05, 0.1) is 6.04 Å². The van der Waals surface area contributed by atoms with E-state index in [9.17, 15) is 41.9 Å². The Morgan fingerprint density at radius 3 is 2.02 bits per heavy atom. The van der Waals surface area contributed by atoms with Gasteiger partial charge in [0.1, 0.15) is 18.1 Å². The summed E-state index contributed by atoms with van der Waals surface area (Å²) in [5.41, 5.74) is -0.842. The molecule has 15 heteroatoms. The summed E-state index contributed by atoms with van der Waals surface area (Å²) in [7, 11) is 1.65. The largest absolute Gasteiger partial charge is 0.389 e. The number of likely N-dealkylation sites (tertiary alicyclic amines) is 1. The van der Waals surface area contributed by atoms with E-state index in [-0.39, 0.29) is 68.5 Å². The lowest BCUT2D eigenvalue weighted by Crippen LogP contribution is -2.62. The van der Waals surface area contributed by atoms with Crippen LogP contribution in [0, 0.1) is 23.2 Å². The fourth-order valence-electron chi connectivity index (χ4n) is 6.44. The minimum atomic E-state index is -4.32. The smallest absolute Gasteiger partial charge is 0.346 e. The quantitative estimate of drug-likeness (QED) is 0.0852. The van der Waals surface area contributed by atoms with E-state index in [4.69, 9.17) is 0 Å². The zero-order chi connectivity index (χ0) is 40.1. The molecule has 0 spiro atoms. The Morgan fingerprint density at radius 1 is 0.923 bits per heavy atom. The highest BCUT2D eigenvalue weighted by molar-refractivity contribution is 6.38. The van der Waals surface area contributed by atoms with Gasteiger partial charge in [0.2, 0.25) is 23.5 Å². The number of Topliss-reactive ketones (excluding diaryl/α,β-unsaturated/α-hetero) is 1. The maximum absolute atomic E-state index is 14.5. The van der Waals surface area contributed by atoms with E-state index in [1.165, 1.54) is 15.9 Å². The second-order valence-electron chi connectivity index (χ2n) is 15.5. The van der Waals surface area contributed by atoms with Crippen LogP contribution >= 0.6 is 0 Å². The van der Waals surface area contributed by atoms with E-state index in [0.29, 0.717) is 12.8 Å². The third-order valence-electron chi connectivity index (χ3n) is 9.77. The van der Waals surface area contributed by atoms with Crippen molar-refractivity contribution in [2.24, 2.45) is 23.2 Å². The normalized spacial score (nSPS) is 19.4. The number of carbonyl (C=O) groups is 6. The summed E-state index contributed by atoms with van der Waals surface area (Å²) in [6.45, 7) is 20.1. The highest BCUT2D eigenvalue weighted by atomic mass is 19.4. The molecule has 1 saturated heterocycles. The van der Waals surface area contributed by atoms with Crippen molar-refractivity contribution in [2.75, 3.05) is 20.1 Å². The first-order valence-electron chi connectivity index (χ1n) is 18.5. The second-order valence-corrected chi connectivity index (χ2v) is 15.5. The molecule has 0 aliphatic carbocycles. The number of hydrogen-bond acceptors (Lipinski definition) is 6. The van der Waals surface area contributed by atoms with Crippen molar-refractivity contribution in [3.8, 4) is 0 Å². The Balaban J connectivity index is 3.43. The predicted octanol–water partition coefficient (Wildman–Crippen LogP) is 4.72. The Kier molecular flexibility index (Phi) is 18.3. The van der Waals surface area contributed by atoms with Crippen molar-refractivity contribution in [2.45, 2.75) is 144 Å². The minimum absolute atomic E-state index is 0.00686. The second kappa shape index (κ2) is 20.6. The number of carbonyl (C=O) groups excluding carboxylic acids is 6. The van der Waals surface area contributed by atoms with Crippen LogP contribution in [0.25, 0.3) is 0 Å². The fraction of sp³-hybridized carbons (Fsp3) is 0.784. The van der Waals surface area contributed by atoms with Gasteiger partial charge in [0.15, 0.2) is 0 Å². The van der Waals surface area contributed by atoms with Crippen molar-refractivity contribution < 1.29 is 41.9 Å². The Bertz CT molecular complexity index is 1250. The predicted molar refractivity (Wildman–Crippen MR) is 194 cm³/mol. The third kappa shape index (κ3) is 13.7. The maximum Gasteiger partial charge on any atom is 0.389 e. The van der Waals surface area contributed by atoms with Gasteiger partial charge in [-0.1, -0.05) is 80.2 Å². The molecule has 52 heavy (non-hydrogen) atoms. The summed E-state index contributed by atoms with van der Waals surface area (Å²) >= 11 is 0. The molecule has 1 fully saturated rings. The van der Waals surface area contributed by atoms with Crippen LogP contribution in [0.5, 0.6) is 0 Å². The van der Waals surface area contributed by atoms with Gasteiger partial charge in [0.25, 0.3) is 5.91 Å². The lowest BCUT2D eigenvalue weighted by molar-refractivity contribution is -0.144. The summed E-state index contributed by atoms with van der Waals surface area (Å²) in [6.07, 6.45) is -2.78. The van der Waals surface area contributed by atoms with Gasteiger partial charge in [-0.05, 0) is 49.9 Å². The van der Waals surface area contributed by atoms with E-state index in [1.54, 1.807) is 41.7 Å². The molecule has 1 unspecified atom stereocenters. The molecule has 12 nitrogen and oxygen atoms in total. The molecule has 1 rings (SSSR count). The van der Waals surface area contributed by atoms with E-state index >= 15 is 0 Å². The Labute approximate surface area is 307 Å². The number of nitrogens with one attached hydrogen (secondary N) is 4. The number of alkyl halides is 3. The lowest BCUT2D eigenvalue weighted by atomic mass is 9.84. The van der Waals surface area contributed by atoms with Crippen LogP contribution in [-0.4, -0.2) is 102 Å². The first-order valence-corrected chi connectivity index (χ1v) is 18.5. The highest BCUT2D eigenvalue weighted by Crippen LogP contribution is 2.37. The first kappa shape index (κ1) is 46.4. The number of amides is 6. The van der Waals surface area contributed by atoms with E-state index in [2.05, 4.69) is 27.8 Å². The monoisotopic (exact) mass is 744 g/mol. The molecule has 0 saturated carbocycles. The zero-order valence-electron chi connectivity index (χ0n) is 32.7. The van der Waals surface area contributed by atoms with Gasteiger partial charge in [-0.2, -0.15) is 13.2 Å². The number of urea groups is 1. The fourth-order valence-corrected chi connectivity index (χ4v) is 6.44. The van der Waals surface area contributed by atoms with E-state index in [1.807, 2.05) is 27.7 Å². The number of nitrogens with zero attached hydrogens (tertiary/aromatic N) is 2. The summed E-state index contributed by atoms with van der Waals surface area (Å²) in [5, 5.41) is 10.6. The van der Waals surface area contributed by atoms with Gasteiger partial charge in [-0.25, -0.2) is 4.79 Å². The number of halogens is 3. The molecule has 4 N–H and O–H groups in total. The number of unbranched alkanes of at least 4 members (excludes halogenated alkanes) is 2. The van der Waals surface area contributed by atoms with Gasteiger partial charge in [-0.15, -0.1) is 6.58 Å². The maximum atomic E-state index is 14.5. The molecule has 0 aromatic carbocycles. The molecule has 0 bridgehead atoms. The summed E-state index contributed by atoms with van der Waals surface area (Å²) in [5.74, 6) is -4.08. The van der Waals surface area contributed by atoms with Crippen LogP contribution < -0.4 is 21.3 Å². The number of ketones is 1. The summed E-state index contributed by atoms with van der Waals surface area (Å²) < 4.78 is 38.1. The van der Waals surface area contributed by atoms with Gasteiger partial charge in [-0.3, -0.25) is 24.0 Å². The molecule has 1 aliphatic heterocycles. The molecule has 6 atom stereocenters. The van der Waals surface area contributed by atoms with E-state index in [0.717, 1.165) is 0 Å². The van der Waals surface area contributed by atoms with Crippen LogP contribution in [-0.2, 0) is 24.0 Å². The van der Waals surface area contributed by atoms with Crippen LogP contribution in [0.2, 0.25) is 0 Å². The lowest BCUT2D eigenvalue weighted by Gasteiger charge is -2.37. The van der Waals surface area contributed by atoms with Gasteiger partial charge < -0.3 is 31.1 Å². The topological polar surface area (TPSA) is 157 Å². The Morgan fingerprint density at radius 2 is 1.54 bits per heavy atom. The molecule has 298 valence electrons. The summed E-state index contributed by atoms with van der Waals surface area (Å²) in [6, 6.07) is -5.22. The molecule has 0 aromatic heterocycles. The molecule has 0 aromatic rings. The molecule has 1 aliphatic rings. The molecular formula is C37H63F3N6O6. The number of likely N-dealkylation sites (N-methyl/N-ethyl adjacent to an activating group) is 1. The van der Waals surface area contributed by atoms with Crippen LogP contribution in [0.1, 0.15) is 107 Å². The summed E-state index contributed by atoms with van der Waals surface area (Å²) in [4.78, 5) is 84.1. The van der Waals surface area contributed by atoms with Crippen LogP contribution in [0.3, 0.4) is 0 Å². The minimum Gasteiger partial charge on any atom is -0.346 e. The number of rotatable bonds is 19. The molecule has 0 radical (unpaired) electrons. The average Bonchev–Trinajstić information content (AvgIpc) is 3.44. The molecular weight excluding hydrogens is 681 g/mol. The SMILES string of the molecule is C=CCNC(=O)C(=O)C(CCCCCC(F)(F)F)NC(=O)[C@@H]1[C@@H](CC)[C@@H](CC)CN1C(=O)[C@@H](NC(=O)N[C@H](C(=O)N(C)C(C)C)C(C)C)C(C)(C)C. The van der Waals surface area contributed by atoms with Crippen LogP contribution in [0.15, 0.2) is 12.7 Å². The Hall–Kier alpha value is -3.65. The molecule has 1 heterocycles. The van der Waals surface area contributed by atoms with E-state index < -0.39 is 71.7 Å². The van der Waals surface area contributed by atoms with Crippen molar-refractivity contribution in [3.63, 3.8) is 0 Å². The van der Waals surface area contributed by atoms with Crippen molar-refractivity contribution in [1.82, 2.24) is 31.1 Å². The standard InChI is InChI=1S/C37H63F3N6O6/c1-12-20-41-32(49)29(47)26(18-16-15-17-19-37(38,39)40)42-31(48)28-25(14-3)24(13-2)21-46(28)34(51)30(36(8,9)10)44-35(52)43-27(22(4)5)33(50)45(11)23(6)7/h12,22-28,30H,1,13-21H2,2-11H3,(H,41,49)(H,42,48)(H2,43,44,52)/t24-,25-,26?,27-,28-,30+/m0/s1. The van der Waals surface area contributed by atoms with Crippen molar-refractivity contribution >= 4 is 35.4 Å². The number of hydrogen-bond donors (Lipinski definition) is 4. The third-order valence-corrected chi connectivity index (χ3v) is 9.77. The average molecular weight is 745 g/mol. The van der Waals surface area contributed by atoms with Gasteiger partial charge in [0, 0.05) is 32.6 Å². The van der Waals surface area contributed by atoms with Crippen molar-refractivity contribution in [1.29, 1.82) is 0 Å². The van der Waals surface area contributed by atoms with Crippen molar-refractivity contribution in [3.05, 3.63) is 12.7 Å². The van der Waals surface area contributed by atoms with Crippen LogP contribution in [0.4, 0.5) is 18.0 Å². The van der Waals surface area contributed by atoms with Gasteiger partial charge >= 0.3 is 12.2 Å². The first-order chi connectivity index (χ1) is 24.0. The zero-order valence-corrected chi connectivity index (χ0v) is 32.7.